The van der Waals surface area contributed by atoms with Crippen LogP contribution in [0.25, 0.3) is 34.2 Å². The quantitative estimate of drug-likeness (QED) is 0.269. The molecule has 2 N–H and O–H groups in total. The Kier molecular flexibility index (Phi) is 6.99. The Morgan fingerprint density at radius 3 is 2.06 bits per heavy atom. The van der Waals surface area contributed by atoms with Gasteiger partial charge in [-0.25, -0.2) is 24.0 Å². The van der Waals surface area contributed by atoms with Crippen LogP contribution in [-0.2, 0) is 19.8 Å². The lowest BCUT2D eigenvalue weighted by atomic mass is 10.1. The van der Waals surface area contributed by atoms with E-state index in [1.165, 1.54) is 38.5 Å². The number of para-hydroxylation sites is 1. The molecule has 1 aromatic heterocycles. The lowest BCUT2D eigenvalue weighted by molar-refractivity contribution is 0.0600. The molecular formula is C24H20N4O6S. The summed E-state index contributed by atoms with van der Waals surface area (Å²) in [5.74, 6) is -0.152. The van der Waals surface area contributed by atoms with Crippen molar-refractivity contribution in [2.45, 2.75) is 0 Å². The van der Waals surface area contributed by atoms with Crippen LogP contribution in [0.4, 0.5) is 5.69 Å². The number of aromatic nitrogens is 3. The van der Waals surface area contributed by atoms with Crippen LogP contribution in [0, 0.1) is 0 Å². The van der Waals surface area contributed by atoms with Gasteiger partial charge in [0, 0.05) is 11.6 Å². The van der Waals surface area contributed by atoms with E-state index in [9.17, 15) is 19.2 Å². The highest BCUT2D eigenvalue weighted by molar-refractivity contribution is 7.69. The number of carbonyl (C=O) groups excluding carboxylic acids is 1. The van der Waals surface area contributed by atoms with E-state index in [4.69, 9.17) is 4.74 Å². The van der Waals surface area contributed by atoms with E-state index in [-0.39, 0.29) is 40.2 Å². The van der Waals surface area contributed by atoms with Crippen LogP contribution in [0.3, 0.4) is 0 Å². The van der Waals surface area contributed by atoms with Crippen molar-refractivity contribution in [2.75, 3.05) is 14.2 Å². The summed E-state index contributed by atoms with van der Waals surface area (Å²) in [6.45, 7) is 0. The third kappa shape index (κ3) is 5.26. The van der Waals surface area contributed by atoms with Gasteiger partial charge in [-0.05, 0) is 36.4 Å². The third-order valence-electron chi connectivity index (χ3n) is 4.92. The zero-order valence-corrected chi connectivity index (χ0v) is 19.5. The number of hydrogen-bond acceptors (Lipinski definition) is 10. The summed E-state index contributed by atoms with van der Waals surface area (Å²) >= 11 is 0. The van der Waals surface area contributed by atoms with Gasteiger partial charge in [0.15, 0.2) is 28.4 Å². The Morgan fingerprint density at radius 1 is 0.829 bits per heavy atom. The molecule has 35 heavy (non-hydrogen) atoms. The summed E-state index contributed by atoms with van der Waals surface area (Å²) in [4.78, 5) is 25.2. The Hall–Kier alpha value is -4.35. The molecule has 0 radical (unpaired) electrons. The summed E-state index contributed by atoms with van der Waals surface area (Å²) in [6.07, 6.45) is 0. The van der Waals surface area contributed by atoms with Crippen LogP contribution in [-0.4, -0.2) is 49.6 Å². The predicted octanol–water partition coefficient (Wildman–Crippen LogP) is 3.93. The fraction of sp³-hybridized carbons (Fsp3) is 0.0833. The van der Waals surface area contributed by atoms with Crippen molar-refractivity contribution in [3.8, 4) is 45.7 Å². The second-order valence-corrected chi connectivity index (χ2v) is 8.15. The molecule has 0 aliphatic heterocycles. The number of nitrogens with zero attached hydrogens (tertiary/aromatic N) is 4. The Balaban J connectivity index is 1.86. The van der Waals surface area contributed by atoms with Crippen LogP contribution >= 0.6 is 0 Å². The van der Waals surface area contributed by atoms with Crippen molar-refractivity contribution < 1.29 is 28.1 Å². The van der Waals surface area contributed by atoms with Crippen molar-refractivity contribution in [3.05, 3.63) is 72.3 Å². The van der Waals surface area contributed by atoms with Crippen molar-refractivity contribution in [1.29, 1.82) is 0 Å². The number of carbonyl (C=O) groups is 1. The molecule has 11 heteroatoms. The van der Waals surface area contributed by atoms with Crippen molar-refractivity contribution in [3.63, 3.8) is 0 Å². The molecule has 0 saturated carbocycles. The minimum absolute atomic E-state index is 0.0293. The number of thiol groups is 1. The minimum Gasteiger partial charge on any atom is -0.507 e. The highest BCUT2D eigenvalue weighted by Gasteiger charge is 2.17. The molecule has 1 heterocycles. The molecule has 0 amide bonds. The monoisotopic (exact) mass is 492 g/mol. The third-order valence-corrected chi connectivity index (χ3v) is 5.63. The standard InChI is InChI=1S/C24H20N4O6S/c1-33-24(31)15-9-7-14(8-10-15)21-25-22(17-5-3-4-6-19(17)29)27-23(26-21)18-12-11-16(13-20(18)30)28-35(32)34-2/h3-13,29-30,35H,1-2H3. The van der Waals surface area contributed by atoms with E-state index >= 15 is 0 Å². The lowest BCUT2D eigenvalue weighted by Crippen LogP contribution is -2.02. The van der Waals surface area contributed by atoms with Crippen molar-refractivity contribution in [2.24, 2.45) is 4.36 Å². The first-order chi connectivity index (χ1) is 16.9. The van der Waals surface area contributed by atoms with Gasteiger partial charge in [-0.15, -0.1) is 0 Å². The molecule has 0 bridgehead atoms. The summed E-state index contributed by atoms with van der Waals surface area (Å²) in [7, 11) is 0.310. The molecular weight excluding hydrogens is 472 g/mol. The topological polar surface area (TPSA) is 144 Å². The Bertz CT molecular complexity index is 1480. The van der Waals surface area contributed by atoms with Crippen molar-refractivity contribution in [1.82, 2.24) is 15.0 Å². The normalized spacial score (nSPS) is 11.8. The summed E-state index contributed by atoms with van der Waals surface area (Å²) in [5, 5.41) is 21.0. The zero-order valence-electron chi connectivity index (χ0n) is 18.6. The molecule has 4 rings (SSSR count). The maximum Gasteiger partial charge on any atom is 0.337 e. The molecule has 178 valence electrons. The smallest absolute Gasteiger partial charge is 0.337 e. The Labute approximate surface area is 202 Å². The first-order valence-corrected chi connectivity index (χ1v) is 11.3. The van der Waals surface area contributed by atoms with E-state index in [1.54, 1.807) is 42.5 Å². The maximum absolute atomic E-state index is 11.8. The van der Waals surface area contributed by atoms with Gasteiger partial charge in [-0.3, -0.25) is 4.18 Å². The van der Waals surface area contributed by atoms with Gasteiger partial charge >= 0.3 is 5.97 Å². The molecule has 0 aliphatic carbocycles. The second kappa shape index (κ2) is 10.3. The fourth-order valence-electron chi connectivity index (χ4n) is 3.19. The fourth-order valence-corrected chi connectivity index (χ4v) is 3.58. The number of ether oxygens (including phenoxy) is 1. The Morgan fingerprint density at radius 2 is 1.46 bits per heavy atom. The molecule has 4 aromatic rings. The number of hydrogen-bond donors (Lipinski definition) is 3. The second-order valence-electron chi connectivity index (χ2n) is 7.11. The van der Waals surface area contributed by atoms with Gasteiger partial charge in [0.25, 0.3) is 0 Å². The maximum atomic E-state index is 11.8. The van der Waals surface area contributed by atoms with Gasteiger partial charge in [0.1, 0.15) is 11.5 Å². The van der Waals surface area contributed by atoms with Gasteiger partial charge in [0.05, 0.1) is 36.6 Å². The summed E-state index contributed by atoms with van der Waals surface area (Å²) in [6, 6.07) is 17.4. The van der Waals surface area contributed by atoms with Crippen molar-refractivity contribution >= 4 is 22.5 Å². The number of methoxy groups -OCH3 is 1. The average Bonchev–Trinajstić information content (AvgIpc) is 2.88. The van der Waals surface area contributed by atoms with Crippen LogP contribution in [0.2, 0.25) is 0 Å². The average molecular weight is 493 g/mol. The molecule has 1 unspecified atom stereocenters. The largest absolute Gasteiger partial charge is 0.507 e. The van der Waals surface area contributed by atoms with Crippen LogP contribution in [0.1, 0.15) is 10.4 Å². The van der Waals surface area contributed by atoms with E-state index in [1.807, 2.05) is 0 Å². The zero-order chi connectivity index (χ0) is 24.9. The van der Waals surface area contributed by atoms with Gasteiger partial charge in [-0.1, -0.05) is 24.3 Å². The van der Waals surface area contributed by atoms with E-state index in [0.717, 1.165) is 0 Å². The number of aromatic hydroxyl groups is 2. The van der Waals surface area contributed by atoms with E-state index in [0.29, 0.717) is 16.7 Å². The van der Waals surface area contributed by atoms with E-state index < -0.39 is 16.8 Å². The number of phenolic OH excluding ortho intramolecular Hbond substituents is 2. The minimum atomic E-state index is -2.25. The first kappa shape index (κ1) is 23.8. The van der Waals surface area contributed by atoms with Crippen LogP contribution in [0.15, 0.2) is 71.1 Å². The first-order valence-electron chi connectivity index (χ1n) is 10.2. The molecule has 0 saturated heterocycles. The number of benzene rings is 3. The lowest BCUT2D eigenvalue weighted by Gasteiger charge is -2.10. The molecule has 0 spiro atoms. The molecule has 1 atom stereocenters. The predicted molar refractivity (Wildman–Crippen MR) is 129 cm³/mol. The van der Waals surface area contributed by atoms with Gasteiger partial charge < -0.3 is 14.9 Å². The van der Waals surface area contributed by atoms with Crippen LogP contribution in [0.5, 0.6) is 11.5 Å². The highest BCUT2D eigenvalue weighted by atomic mass is 32.2. The molecule has 10 nitrogen and oxygen atoms in total. The number of phenols is 2. The SMILES string of the molecule is COC(=O)c1ccc(-c2nc(-c3ccccc3O)nc(-c3ccc(N=[SH](=O)OC)cc3O)n2)cc1. The number of esters is 1. The molecule has 3 aromatic carbocycles. The van der Waals surface area contributed by atoms with Gasteiger partial charge in [0.2, 0.25) is 0 Å². The summed E-state index contributed by atoms with van der Waals surface area (Å²) in [5.41, 5.74) is 1.82. The summed E-state index contributed by atoms with van der Waals surface area (Å²) < 4.78 is 24.8. The van der Waals surface area contributed by atoms with Crippen LogP contribution < -0.4 is 0 Å². The number of rotatable bonds is 6. The van der Waals surface area contributed by atoms with Gasteiger partial charge in [-0.2, -0.15) is 4.36 Å². The highest BCUT2D eigenvalue weighted by Crippen LogP contribution is 2.34. The molecule has 0 aliphatic rings. The molecule has 0 fully saturated rings. The van der Waals surface area contributed by atoms with E-state index in [2.05, 4.69) is 23.5 Å².